The van der Waals surface area contributed by atoms with E-state index in [0.717, 1.165) is 19.5 Å². The smallest absolute Gasteiger partial charge is 0.220 e. The maximum absolute atomic E-state index is 11.8. The molecule has 0 unspecified atom stereocenters. The van der Waals surface area contributed by atoms with Gasteiger partial charge in [0.05, 0.1) is 0 Å². The molecule has 0 saturated carbocycles. The van der Waals surface area contributed by atoms with E-state index in [-0.39, 0.29) is 5.91 Å². The number of carbonyl (C=O) groups is 1. The molecular formula is C28H52N2OS2. The van der Waals surface area contributed by atoms with Crippen LogP contribution in [0.15, 0.2) is 24.3 Å². The standard InChI is InChI=1S/C28H52N2OS2/c29-23-17-11-7-3-1-4-8-12-18-24-32-33-25-19-13-9-5-2-6-10-14-22-28(31)30-26-27-20-15-16-21-27/h15-16,20-21,27H,1-14,17-19,22-26,29H2,(H,30,31). The molecule has 0 aromatic carbocycles. The summed E-state index contributed by atoms with van der Waals surface area (Å²) in [5, 5.41) is 3.04. The molecule has 1 amide bonds. The third kappa shape index (κ3) is 21.9. The third-order valence-electron chi connectivity index (χ3n) is 6.26. The predicted octanol–water partition coefficient (Wildman–Crippen LogP) is 8.21. The lowest BCUT2D eigenvalue weighted by atomic mass is 10.1. The topological polar surface area (TPSA) is 55.1 Å². The molecule has 1 aliphatic carbocycles. The minimum Gasteiger partial charge on any atom is -0.355 e. The second kappa shape index (κ2) is 24.7. The summed E-state index contributed by atoms with van der Waals surface area (Å²) in [6.07, 6.45) is 31.7. The zero-order valence-corrected chi connectivity index (χ0v) is 22.9. The first-order valence-corrected chi connectivity index (χ1v) is 16.4. The van der Waals surface area contributed by atoms with Crippen LogP contribution in [0, 0.1) is 5.92 Å². The van der Waals surface area contributed by atoms with Gasteiger partial charge in [0.1, 0.15) is 0 Å². The number of amides is 1. The van der Waals surface area contributed by atoms with E-state index in [4.69, 9.17) is 5.73 Å². The lowest BCUT2D eigenvalue weighted by molar-refractivity contribution is -0.121. The van der Waals surface area contributed by atoms with Gasteiger partial charge in [0.15, 0.2) is 0 Å². The summed E-state index contributed by atoms with van der Waals surface area (Å²) in [5.74, 6) is 3.25. The fourth-order valence-corrected chi connectivity index (χ4v) is 6.40. The minimum absolute atomic E-state index is 0.212. The summed E-state index contributed by atoms with van der Waals surface area (Å²) < 4.78 is 0. The molecule has 0 aliphatic heterocycles. The van der Waals surface area contributed by atoms with Gasteiger partial charge in [-0.3, -0.25) is 4.79 Å². The van der Waals surface area contributed by atoms with Gasteiger partial charge in [-0.2, -0.15) is 0 Å². The molecule has 5 heteroatoms. The molecule has 0 spiro atoms. The highest BCUT2D eigenvalue weighted by molar-refractivity contribution is 8.76. The van der Waals surface area contributed by atoms with Gasteiger partial charge in [-0.25, -0.2) is 0 Å². The van der Waals surface area contributed by atoms with Crippen LogP contribution in [0.2, 0.25) is 0 Å². The molecule has 3 nitrogen and oxygen atoms in total. The average Bonchev–Trinajstić information content (AvgIpc) is 3.35. The van der Waals surface area contributed by atoms with Gasteiger partial charge in [0.2, 0.25) is 5.91 Å². The highest BCUT2D eigenvalue weighted by Crippen LogP contribution is 2.25. The van der Waals surface area contributed by atoms with Crippen molar-refractivity contribution in [2.24, 2.45) is 11.7 Å². The molecule has 33 heavy (non-hydrogen) atoms. The van der Waals surface area contributed by atoms with Crippen molar-refractivity contribution in [1.82, 2.24) is 5.32 Å². The van der Waals surface area contributed by atoms with Gasteiger partial charge in [-0.15, -0.1) is 0 Å². The minimum atomic E-state index is 0.212. The largest absolute Gasteiger partial charge is 0.355 e. The number of allylic oxidation sites excluding steroid dienone is 2. The molecule has 0 bridgehead atoms. The number of carbonyl (C=O) groups excluding carboxylic acids is 1. The van der Waals surface area contributed by atoms with Crippen LogP contribution in [0.3, 0.4) is 0 Å². The maximum atomic E-state index is 11.8. The van der Waals surface area contributed by atoms with Crippen LogP contribution in [-0.2, 0) is 4.79 Å². The quantitative estimate of drug-likeness (QED) is 0.0987. The molecule has 0 radical (unpaired) electrons. The molecule has 0 aromatic rings. The molecule has 0 saturated heterocycles. The Hall–Kier alpha value is -0.390. The third-order valence-corrected chi connectivity index (χ3v) is 8.84. The number of rotatable bonds is 25. The monoisotopic (exact) mass is 496 g/mol. The van der Waals surface area contributed by atoms with Crippen molar-refractivity contribution in [2.45, 2.75) is 116 Å². The molecule has 0 atom stereocenters. The van der Waals surface area contributed by atoms with E-state index >= 15 is 0 Å². The van der Waals surface area contributed by atoms with Crippen molar-refractivity contribution in [2.75, 3.05) is 24.6 Å². The van der Waals surface area contributed by atoms with E-state index in [2.05, 4.69) is 39.1 Å². The van der Waals surface area contributed by atoms with Crippen molar-refractivity contribution in [3.8, 4) is 0 Å². The van der Waals surface area contributed by atoms with Crippen LogP contribution >= 0.6 is 21.6 Å². The van der Waals surface area contributed by atoms with Crippen LogP contribution in [0.5, 0.6) is 0 Å². The van der Waals surface area contributed by atoms with Crippen LogP contribution < -0.4 is 11.1 Å². The molecule has 0 fully saturated rings. The number of hydrogen-bond donors (Lipinski definition) is 2. The summed E-state index contributed by atoms with van der Waals surface area (Å²) in [7, 11) is 4.17. The summed E-state index contributed by atoms with van der Waals surface area (Å²) in [5.41, 5.74) is 5.52. The van der Waals surface area contributed by atoms with Crippen molar-refractivity contribution >= 4 is 27.5 Å². The lowest BCUT2D eigenvalue weighted by Gasteiger charge is -2.08. The first kappa shape index (κ1) is 30.6. The van der Waals surface area contributed by atoms with Crippen molar-refractivity contribution in [1.29, 1.82) is 0 Å². The first-order chi connectivity index (χ1) is 16.3. The van der Waals surface area contributed by atoms with Crippen LogP contribution in [0.1, 0.15) is 116 Å². The van der Waals surface area contributed by atoms with Gasteiger partial charge >= 0.3 is 0 Å². The van der Waals surface area contributed by atoms with Gasteiger partial charge in [0.25, 0.3) is 0 Å². The van der Waals surface area contributed by atoms with Crippen molar-refractivity contribution < 1.29 is 4.79 Å². The van der Waals surface area contributed by atoms with E-state index in [9.17, 15) is 4.79 Å². The van der Waals surface area contributed by atoms with Gasteiger partial charge < -0.3 is 11.1 Å². The number of unbranched alkanes of at least 4 members (excludes halogenated alkanes) is 15. The molecule has 1 aliphatic rings. The fourth-order valence-electron chi connectivity index (χ4n) is 4.10. The average molecular weight is 497 g/mol. The highest BCUT2D eigenvalue weighted by atomic mass is 33.1. The zero-order chi connectivity index (χ0) is 23.7. The highest BCUT2D eigenvalue weighted by Gasteiger charge is 2.06. The summed E-state index contributed by atoms with van der Waals surface area (Å²) in [6, 6.07) is 0. The lowest BCUT2D eigenvalue weighted by Crippen LogP contribution is -2.27. The Bertz CT molecular complexity index is 484. The predicted molar refractivity (Wildman–Crippen MR) is 152 cm³/mol. The number of hydrogen-bond acceptors (Lipinski definition) is 4. The molecule has 192 valence electrons. The van der Waals surface area contributed by atoms with Crippen molar-refractivity contribution in [3.63, 3.8) is 0 Å². The van der Waals surface area contributed by atoms with E-state index in [1.807, 2.05) is 12.2 Å². The molecule has 0 aromatic heterocycles. The number of nitrogens with one attached hydrogen (secondary N) is 1. The zero-order valence-electron chi connectivity index (χ0n) is 21.2. The van der Waals surface area contributed by atoms with Gasteiger partial charge in [0, 0.05) is 30.4 Å². The Morgan fingerprint density at radius 3 is 1.55 bits per heavy atom. The van der Waals surface area contributed by atoms with E-state index < -0.39 is 0 Å². The summed E-state index contributed by atoms with van der Waals surface area (Å²) in [6.45, 7) is 1.61. The maximum Gasteiger partial charge on any atom is 0.220 e. The second-order valence-electron chi connectivity index (χ2n) is 9.43. The van der Waals surface area contributed by atoms with E-state index in [1.165, 1.54) is 114 Å². The molecule has 3 N–H and O–H groups in total. The van der Waals surface area contributed by atoms with E-state index in [0.29, 0.717) is 12.3 Å². The normalized spacial score (nSPS) is 13.2. The van der Waals surface area contributed by atoms with Crippen LogP contribution in [0.25, 0.3) is 0 Å². The van der Waals surface area contributed by atoms with Crippen LogP contribution in [-0.4, -0.2) is 30.5 Å². The second-order valence-corrected chi connectivity index (χ2v) is 12.1. The van der Waals surface area contributed by atoms with Gasteiger partial charge in [-0.05, 0) is 32.2 Å². The summed E-state index contributed by atoms with van der Waals surface area (Å²) in [4.78, 5) is 11.8. The summed E-state index contributed by atoms with van der Waals surface area (Å²) >= 11 is 0. The number of nitrogens with two attached hydrogens (primary N) is 1. The van der Waals surface area contributed by atoms with Crippen molar-refractivity contribution in [3.05, 3.63) is 24.3 Å². The first-order valence-electron chi connectivity index (χ1n) is 13.9. The Morgan fingerprint density at radius 2 is 1.06 bits per heavy atom. The Kier molecular flexibility index (Phi) is 23.0. The Labute approximate surface area is 213 Å². The Balaban J connectivity index is 1.66. The van der Waals surface area contributed by atoms with Gasteiger partial charge in [-0.1, -0.05) is 129 Å². The molecule has 1 rings (SSSR count). The molecular weight excluding hydrogens is 444 g/mol. The van der Waals surface area contributed by atoms with E-state index in [1.54, 1.807) is 0 Å². The fraction of sp³-hybridized carbons (Fsp3) is 0.821. The molecule has 0 heterocycles. The van der Waals surface area contributed by atoms with Crippen LogP contribution in [0.4, 0.5) is 0 Å². The Morgan fingerprint density at radius 1 is 0.636 bits per heavy atom. The SMILES string of the molecule is NCCCCCCCCCCCSSCCCCCCCCCCC(=O)NCC1C=CC=C1.